The maximum Gasteiger partial charge on any atom is 0.156 e. The highest BCUT2D eigenvalue weighted by atomic mass is 16.1. The zero-order valence-corrected chi connectivity index (χ0v) is 10.5. The molecule has 0 radical (unpaired) electrons. The first-order valence-corrected chi connectivity index (χ1v) is 5.63. The van der Waals surface area contributed by atoms with Crippen molar-refractivity contribution in [2.75, 3.05) is 0 Å². The summed E-state index contributed by atoms with van der Waals surface area (Å²) >= 11 is 0. The van der Waals surface area contributed by atoms with Crippen molar-refractivity contribution in [2.45, 2.75) is 33.6 Å². The second kappa shape index (κ2) is 5.57. The minimum atomic E-state index is -0.370. The van der Waals surface area contributed by atoms with Gasteiger partial charge >= 0.3 is 0 Å². The lowest BCUT2D eigenvalue weighted by molar-refractivity contribution is -0.128. The van der Waals surface area contributed by atoms with Gasteiger partial charge in [0, 0.05) is 30.7 Å². The van der Waals surface area contributed by atoms with E-state index in [1.165, 1.54) is 6.08 Å². The number of hydrogen-bond donors (Lipinski definition) is 1. The van der Waals surface area contributed by atoms with Crippen LogP contribution in [0.3, 0.4) is 0 Å². The second-order valence-electron chi connectivity index (χ2n) is 4.95. The van der Waals surface area contributed by atoms with Crippen LogP contribution < -0.4 is 0 Å². The minimum absolute atomic E-state index is 0.0565. The molecule has 0 aromatic carbocycles. The third-order valence-electron chi connectivity index (χ3n) is 2.38. The smallest absolute Gasteiger partial charge is 0.156 e. The average Bonchev–Trinajstić information content (AvgIpc) is 2.74. The lowest BCUT2D eigenvalue weighted by Gasteiger charge is -2.15. The predicted octanol–water partition coefficient (Wildman–Crippen LogP) is 2.39. The van der Waals surface area contributed by atoms with E-state index in [9.17, 15) is 9.59 Å². The Labute approximate surface area is 101 Å². The first-order chi connectivity index (χ1) is 7.89. The summed E-state index contributed by atoms with van der Waals surface area (Å²) in [5, 5.41) is 0. The molecule has 0 aliphatic carbocycles. The predicted molar refractivity (Wildman–Crippen MR) is 66.3 cm³/mol. The van der Waals surface area contributed by atoms with Gasteiger partial charge in [-0.2, -0.15) is 0 Å². The second-order valence-corrected chi connectivity index (χ2v) is 4.95. The van der Waals surface area contributed by atoms with Gasteiger partial charge in [-0.3, -0.25) is 9.59 Å². The zero-order valence-electron chi connectivity index (χ0n) is 10.5. The Balaban J connectivity index is 2.39. The molecule has 0 atom stereocenters. The van der Waals surface area contributed by atoms with Gasteiger partial charge in [0.1, 0.15) is 11.6 Å². The molecule has 1 aromatic rings. The quantitative estimate of drug-likeness (QED) is 0.796. The number of aromatic nitrogens is 2. The van der Waals surface area contributed by atoms with Crippen LogP contribution in [0.5, 0.6) is 0 Å². The van der Waals surface area contributed by atoms with Crippen molar-refractivity contribution in [1.82, 2.24) is 9.97 Å². The SMILES string of the molecule is CC(C)(C)C(=O)CCC(=O)/C=C/c1ncc[nH]1. The number of H-pyrrole nitrogens is 1. The molecule has 92 valence electrons. The van der Waals surface area contributed by atoms with Crippen molar-refractivity contribution in [1.29, 1.82) is 0 Å². The topological polar surface area (TPSA) is 62.8 Å². The van der Waals surface area contributed by atoms with E-state index >= 15 is 0 Å². The molecule has 1 N–H and O–H groups in total. The molecular weight excluding hydrogens is 216 g/mol. The molecule has 17 heavy (non-hydrogen) atoms. The molecule has 0 spiro atoms. The normalized spacial score (nSPS) is 11.9. The molecular formula is C13H18N2O2. The Bertz CT molecular complexity index is 411. The number of hydrogen-bond acceptors (Lipinski definition) is 3. The van der Waals surface area contributed by atoms with E-state index in [0.717, 1.165) is 0 Å². The summed E-state index contributed by atoms with van der Waals surface area (Å²) < 4.78 is 0. The van der Waals surface area contributed by atoms with Gasteiger partial charge < -0.3 is 4.98 Å². The number of nitrogens with zero attached hydrogens (tertiary/aromatic N) is 1. The summed E-state index contributed by atoms with van der Waals surface area (Å²) in [6.45, 7) is 5.58. The van der Waals surface area contributed by atoms with Crippen molar-refractivity contribution < 1.29 is 9.59 Å². The lowest BCUT2D eigenvalue weighted by atomic mass is 9.88. The number of rotatable bonds is 5. The highest BCUT2D eigenvalue weighted by molar-refractivity contribution is 5.96. The van der Waals surface area contributed by atoms with E-state index in [1.54, 1.807) is 18.5 Å². The van der Waals surface area contributed by atoms with Crippen LogP contribution in [0, 0.1) is 5.41 Å². The Morgan fingerprint density at radius 2 is 2.06 bits per heavy atom. The zero-order chi connectivity index (χ0) is 12.9. The van der Waals surface area contributed by atoms with Crippen molar-refractivity contribution in [2.24, 2.45) is 5.41 Å². The molecule has 0 fully saturated rings. The van der Waals surface area contributed by atoms with E-state index in [-0.39, 0.29) is 23.4 Å². The van der Waals surface area contributed by atoms with E-state index in [1.807, 2.05) is 20.8 Å². The summed E-state index contributed by atoms with van der Waals surface area (Å²) in [7, 11) is 0. The summed E-state index contributed by atoms with van der Waals surface area (Å²) in [5.74, 6) is 0.691. The van der Waals surface area contributed by atoms with Gasteiger partial charge in [0.15, 0.2) is 5.78 Å². The molecule has 0 amide bonds. The average molecular weight is 234 g/mol. The standard InChI is InChI=1S/C13H18N2O2/c1-13(2,3)11(17)6-4-10(16)5-7-12-14-8-9-15-12/h5,7-9H,4,6H2,1-3H3,(H,14,15)/b7-5+. The van der Waals surface area contributed by atoms with Gasteiger partial charge in [-0.15, -0.1) is 0 Å². The van der Waals surface area contributed by atoms with Gasteiger partial charge in [0.2, 0.25) is 0 Å². The van der Waals surface area contributed by atoms with E-state index < -0.39 is 0 Å². The third kappa shape index (κ3) is 4.76. The van der Waals surface area contributed by atoms with Crippen LogP contribution in [-0.4, -0.2) is 21.5 Å². The monoisotopic (exact) mass is 234 g/mol. The maximum atomic E-state index is 11.6. The largest absolute Gasteiger partial charge is 0.345 e. The van der Waals surface area contributed by atoms with Crippen LogP contribution in [0.25, 0.3) is 6.08 Å². The van der Waals surface area contributed by atoms with Gasteiger partial charge in [-0.1, -0.05) is 20.8 Å². The number of carbonyl (C=O) groups excluding carboxylic acids is 2. The number of aromatic amines is 1. The highest BCUT2D eigenvalue weighted by Crippen LogP contribution is 2.17. The molecule has 1 heterocycles. The Hall–Kier alpha value is -1.71. The highest BCUT2D eigenvalue weighted by Gasteiger charge is 2.20. The fourth-order valence-electron chi connectivity index (χ4n) is 1.24. The molecule has 1 aromatic heterocycles. The Morgan fingerprint density at radius 3 is 2.59 bits per heavy atom. The number of Topliss-reactive ketones (excluding diaryl/α,β-unsaturated/α-hetero) is 1. The van der Waals surface area contributed by atoms with Crippen LogP contribution in [0.1, 0.15) is 39.4 Å². The van der Waals surface area contributed by atoms with Gasteiger partial charge in [0.05, 0.1) is 0 Å². The maximum absolute atomic E-state index is 11.6. The Kier molecular flexibility index (Phi) is 4.37. The van der Waals surface area contributed by atoms with Gasteiger partial charge in [0.25, 0.3) is 0 Å². The van der Waals surface area contributed by atoms with Crippen molar-refractivity contribution >= 4 is 17.6 Å². The van der Waals surface area contributed by atoms with E-state index in [0.29, 0.717) is 12.2 Å². The van der Waals surface area contributed by atoms with Gasteiger partial charge in [-0.05, 0) is 12.2 Å². The van der Waals surface area contributed by atoms with Crippen molar-refractivity contribution in [3.63, 3.8) is 0 Å². The number of nitrogens with one attached hydrogen (secondary N) is 1. The number of carbonyl (C=O) groups is 2. The van der Waals surface area contributed by atoms with Crippen LogP contribution in [0.15, 0.2) is 18.5 Å². The molecule has 0 aliphatic heterocycles. The summed E-state index contributed by atoms with van der Waals surface area (Å²) in [5.41, 5.74) is -0.370. The number of allylic oxidation sites excluding steroid dienone is 1. The molecule has 4 heteroatoms. The molecule has 0 saturated carbocycles. The van der Waals surface area contributed by atoms with Crippen LogP contribution in [-0.2, 0) is 9.59 Å². The molecule has 0 saturated heterocycles. The number of ketones is 2. The fourth-order valence-corrected chi connectivity index (χ4v) is 1.24. The molecule has 0 aliphatic rings. The Morgan fingerprint density at radius 1 is 1.35 bits per heavy atom. The third-order valence-corrected chi connectivity index (χ3v) is 2.38. The molecule has 4 nitrogen and oxygen atoms in total. The summed E-state index contributed by atoms with van der Waals surface area (Å²) in [6.07, 6.45) is 6.93. The van der Waals surface area contributed by atoms with E-state index in [4.69, 9.17) is 0 Å². The minimum Gasteiger partial charge on any atom is -0.345 e. The number of imidazole rings is 1. The lowest BCUT2D eigenvalue weighted by Crippen LogP contribution is -2.20. The summed E-state index contributed by atoms with van der Waals surface area (Å²) in [6, 6.07) is 0. The van der Waals surface area contributed by atoms with Crippen LogP contribution in [0.2, 0.25) is 0 Å². The van der Waals surface area contributed by atoms with Crippen molar-refractivity contribution in [3.05, 3.63) is 24.3 Å². The van der Waals surface area contributed by atoms with E-state index in [2.05, 4.69) is 9.97 Å². The van der Waals surface area contributed by atoms with Crippen LogP contribution >= 0.6 is 0 Å². The first-order valence-electron chi connectivity index (χ1n) is 5.63. The summed E-state index contributed by atoms with van der Waals surface area (Å²) in [4.78, 5) is 29.9. The first kappa shape index (κ1) is 13.4. The van der Waals surface area contributed by atoms with Crippen LogP contribution in [0.4, 0.5) is 0 Å². The van der Waals surface area contributed by atoms with Gasteiger partial charge in [-0.25, -0.2) is 4.98 Å². The molecule has 1 rings (SSSR count). The molecule has 0 unspecified atom stereocenters. The fraction of sp³-hybridized carbons (Fsp3) is 0.462. The van der Waals surface area contributed by atoms with Crippen molar-refractivity contribution in [3.8, 4) is 0 Å². The molecule has 0 bridgehead atoms.